The number of ketones is 4. The van der Waals surface area contributed by atoms with Gasteiger partial charge in [-0.25, -0.2) is 17.6 Å². The molecule has 3 heterocycles. The van der Waals surface area contributed by atoms with Crippen LogP contribution in [0.2, 0.25) is 20.1 Å². The molecule has 0 bridgehead atoms. The minimum atomic E-state index is -0.754. The summed E-state index contributed by atoms with van der Waals surface area (Å²) >= 11 is 29.4. The number of likely N-dealkylation sites (N-methyl/N-ethyl adjacent to an activating group) is 1. The van der Waals surface area contributed by atoms with Gasteiger partial charge >= 0.3 is 0 Å². The summed E-state index contributed by atoms with van der Waals surface area (Å²) in [6.07, 6.45) is 10.7. The molecule has 4 amide bonds. The van der Waals surface area contributed by atoms with Crippen LogP contribution >= 0.6 is 58.0 Å². The van der Waals surface area contributed by atoms with E-state index in [0.29, 0.717) is 95.1 Å². The highest BCUT2D eigenvalue weighted by molar-refractivity contribution is 6.32. The quantitative estimate of drug-likeness (QED) is 0.00301. The van der Waals surface area contributed by atoms with Crippen molar-refractivity contribution in [2.75, 3.05) is 105 Å². The Kier molecular flexibility index (Phi) is 38.3. The number of nitrogens with zero attached hydrogens (tertiary/aromatic N) is 5. The second kappa shape index (κ2) is 50.1. The van der Waals surface area contributed by atoms with Crippen LogP contribution in [0.4, 0.5) is 34.6 Å². The van der Waals surface area contributed by atoms with Crippen molar-refractivity contribution in [3.05, 3.63) is 388 Å². The second-order valence-corrected chi connectivity index (χ2v) is 33.1. The van der Waals surface area contributed by atoms with Gasteiger partial charge in [0.05, 0.1) is 63.5 Å². The molecule has 0 saturated carbocycles. The summed E-state index contributed by atoms with van der Waals surface area (Å²) in [4.78, 5) is 115. The Bertz CT molecular complexity index is 6440. The van der Waals surface area contributed by atoms with Gasteiger partial charge in [-0.15, -0.1) is 0 Å². The monoisotopic (exact) mass is 1960 g/mol. The number of likely N-dealkylation sites (tertiary alicyclic amines) is 1. The third-order valence-electron chi connectivity index (χ3n) is 21.6. The van der Waals surface area contributed by atoms with Gasteiger partial charge in [0.1, 0.15) is 63.9 Å². The Morgan fingerprint density at radius 1 is 0.482 bits per heavy atom. The van der Waals surface area contributed by atoms with E-state index in [0.717, 1.165) is 58.1 Å². The molecule has 33 heteroatoms. The lowest BCUT2D eigenvalue weighted by atomic mass is 9.96. The van der Waals surface area contributed by atoms with Crippen LogP contribution in [0.3, 0.4) is 0 Å². The fraction of sp³-hybridized carbons (Fsp3) is 0.192. The number of carbonyl (C=O) groups excluding carboxylic acids is 8. The number of hydrogen-bond acceptors (Lipinski definition) is 17. The number of nitrogens with one attached hydrogen (secondary N) is 7. The number of amidine groups is 4. The first-order valence-corrected chi connectivity index (χ1v) is 44.5. The summed E-state index contributed by atoms with van der Waals surface area (Å²) in [5.41, 5.74) is 6.85. The maximum Gasteiger partial charge on any atom is 0.256 e. The van der Waals surface area contributed by atoms with Crippen molar-refractivity contribution in [2.45, 2.75) is 44.9 Å². The maximum absolute atomic E-state index is 15.1. The number of benzene rings is 10. The molecule has 13 rings (SSSR count). The highest BCUT2D eigenvalue weighted by Gasteiger charge is 2.29. The first kappa shape index (κ1) is 105. The van der Waals surface area contributed by atoms with Gasteiger partial charge < -0.3 is 59.8 Å². The summed E-state index contributed by atoms with van der Waals surface area (Å²) in [7, 11) is 11.0. The van der Waals surface area contributed by atoms with Crippen molar-refractivity contribution < 1.29 is 74.9 Å². The van der Waals surface area contributed by atoms with E-state index < -0.39 is 70.0 Å². The number of rotatable bonds is 32. The van der Waals surface area contributed by atoms with Crippen molar-refractivity contribution in [1.29, 1.82) is 16.2 Å². The van der Waals surface area contributed by atoms with Crippen LogP contribution in [-0.2, 0) is 28.8 Å². The maximum atomic E-state index is 15.1. The van der Waals surface area contributed by atoms with Crippen LogP contribution in [-0.4, -0.2) is 179 Å². The summed E-state index contributed by atoms with van der Waals surface area (Å²) in [5, 5.41) is 37.2. The zero-order chi connectivity index (χ0) is 99.3. The lowest BCUT2D eigenvalue weighted by Crippen LogP contribution is -2.35. The molecule has 0 aliphatic carbocycles. The van der Waals surface area contributed by atoms with Crippen LogP contribution in [0.1, 0.15) is 137 Å². The normalized spacial score (nSPS) is 12.7. The van der Waals surface area contributed by atoms with Gasteiger partial charge in [-0.1, -0.05) is 114 Å². The van der Waals surface area contributed by atoms with Crippen molar-refractivity contribution in [1.82, 2.24) is 24.9 Å². The van der Waals surface area contributed by atoms with Crippen LogP contribution < -0.4 is 35.5 Å². The van der Waals surface area contributed by atoms with E-state index >= 15 is 4.39 Å². The van der Waals surface area contributed by atoms with E-state index in [1.807, 2.05) is 16.8 Å². The molecule has 10 aromatic rings. The minimum Gasteiger partial charge on any atom is -0.504 e. The van der Waals surface area contributed by atoms with Crippen LogP contribution in [0.25, 0.3) is 0 Å². The third kappa shape index (κ3) is 29.0. The number of anilines is 3. The number of hydrogen-bond donors (Lipinski definition) is 7. The highest BCUT2D eigenvalue weighted by Crippen LogP contribution is 2.33. The van der Waals surface area contributed by atoms with Crippen LogP contribution in [0.15, 0.2) is 271 Å². The van der Waals surface area contributed by atoms with Crippen molar-refractivity contribution in [2.24, 2.45) is 4.99 Å². The first-order chi connectivity index (χ1) is 65.7. The lowest BCUT2D eigenvalue weighted by Gasteiger charge is -2.29. The van der Waals surface area contributed by atoms with E-state index in [2.05, 4.69) is 39.4 Å². The summed E-state index contributed by atoms with van der Waals surface area (Å²) in [6, 6.07) is 49.3. The van der Waals surface area contributed by atoms with Gasteiger partial charge in [-0.05, 0) is 218 Å². The van der Waals surface area contributed by atoms with E-state index in [1.165, 1.54) is 136 Å². The SMILES string of the molecule is C=C/C(=C\C=C\Cl)NC(=O)C(/C=C/OC)=C(/C=C)CC(=O)c1ccc(C(=N)N(C)C)cc1F.COc1cc(Cl)cc(C(=O)Nc2ccc(Cl)cc2)c1CC(=O)c1ccc(C(=N)N2CCCCC2)cc1F.COc1ccc(CC(=O)c2ccc(C(=N)N3CC3)cc2F)c(C(=O)Nc2ccc(Cl)cc2)c1.COc1ccc(CC(=O)c2ccc(C3=NCCN3C)cc2F)c(C(=O)Nc2ccc(Cl)cc2)c1. The number of allylic oxidation sites excluding steroid dienone is 5. The summed E-state index contributed by atoms with van der Waals surface area (Å²) in [5.74, 6) is -4.20. The van der Waals surface area contributed by atoms with Crippen molar-refractivity contribution in [3.63, 3.8) is 0 Å². The number of amides is 4. The van der Waals surface area contributed by atoms with Gasteiger partial charge in [0, 0.05) is 178 Å². The minimum absolute atomic E-state index is 0.0372. The molecule has 137 heavy (non-hydrogen) atoms. The Hall–Kier alpha value is -14.6. The zero-order valence-electron chi connectivity index (χ0n) is 75.7. The number of ether oxygens (including phenoxy) is 4. The number of Topliss-reactive ketones (excluding diaryl/α,β-unsaturated/α-hetero) is 4. The molecular formula is C104H97Cl5F4N12O12. The first-order valence-electron chi connectivity index (χ1n) is 42.5. The molecule has 0 spiro atoms. The Morgan fingerprint density at radius 2 is 0.927 bits per heavy atom. The van der Waals surface area contributed by atoms with Crippen LogP contribution in [0, 0.1) is 39.5 Å². The topological polar surface area (TPSA) is 318 Å². The predicted octanol–water partition coefficient (Wildman–Crippen LogP) is 21.2. The second-order valence-electron chi connectivity index (χ2n) is 31.1. The molecule has 2 saturated heterocycles. The Balaban J connectivity index is 0.000000189. The van der Waals surface area contributed by atoms with Gasteiger partial charge in [-0.3, -0.25) is 59.6 Å². The van der Waals surface area contributed by atoms with Gasteiger partial charge in [0.25, 0.3) is 23.6 Å². The largest absolute Gasteiger partial charge is 0.504 e. The fourth-order valence-electron chi connectivity index (χ4n) is 14.2. The average molecular weight is 1960 g/mol. The van der Waals surface area contributed by atoms with E-state index in [1.54, 1.807) is 146 Å². The van der Waals surface area contributed by atoms with Gasteiger partial charge in [0.15, 0.2) is 23.1 Å². The molecule has 0 radical (unpaired) electrons. The van der Waals surface area contributed by atoms with E-state index in [-0.39, 0.29) is 110 Å². The molecule has 0 atom stereocenters. The number of piperidine rings is 1. The molecule has 3 aliphatic heterocycles. The van der Waals surface area contributed by atoms with E-state index in [9.17, 15) is 51.5 Å². The molecule has 3 aliphatic rings. The Labute approximate surface area is 815 Å². The highest BCUT2D eigenvalue weighted by atomic mass is 35.5. The third-order valence-corrected chi connectivity index (χ3v) is 22.7. The van der Waals surface area contributed by atoms with E-state index in [4.69, 9.17) is 93.2 Å². The number of aliphatic imine (C=N–C) groups is 1. The standard InChI is InChI=1S/C28H26Cl2FN3O3.C26H23ClFN3O3.C25H21ClFN3O3.C25H27ClFN3O3/c1-37-26-15-19(30)14-23(28(36)33-20-8-6-18(29)7-9-20)22(26)16-25(35)21-10-5-17(13-24(21)31)27(32)34-11-3-2-4-12-34;1-31-12-11-29-25(31)17-4-10-21(23(28)13-17)24(32)14-16-3-9-20(34-2)15-22(16)26(33)30-19-7-5-18(27)6-8-19;1-33-19-8-2-15(21(14-19)25(32)29-18-6-4-17(26)5-7-18)13-23(31)20-9-3-16(12-22(20)27)24(28)30-10-11-30;1-6-17(20(12-14-33-5)25(32)29-19(7-2)9-8-13-26)16-23(31)21-11-10-18(15-22(21)27)24(28)30(3)4/h5-10,13-15,32H,2-4,11-12,16H2,1H3,(H,33,36);3-10,13,15H,11-12,14H2,1-2H3,(H,30,33);2-9,12,14,28H,10-11,13H2,1H3,(H,29,32);6-15,28H,1-2,16H2,3-5H3,(H,29,32)/b;;;13-8+,14-12+,19-9+,20-17-,28-24?. The molecular weight excluding hydrogens is 1860 g/mol. The molecule has 0 aromatic heterocycles. The van der Waals surface area contributed by atoms with Crippen LogP contribution in [0.5, 0.6) is 17.2 Å². The van der Waals surface area contributed by atoms with Crippen molar-refractivity contribution in [3.8, 4) is 17.2 Å². The summed E-state index contributed by atoms with van der Waals surface area (Å²) < 4.78 is 80.1. The number of halogens is 9. The Morgan fingerprint density at radius 3 is 1.34 bits per heavy atom. The smallest absolute Gasteiger partial charge is 0.256 e. The molecule has 2 fully saturated rings. The summed E-state index contributed by atoms with van der Waals surface area (Å²) in [6.45, 7) is 11.8. The zero-order valence-corrected chi connectivity index (χ0v) is 79.4. The molecule has 708 valence electrons. The van der Waals surface area contributed by atoms with Gasteiger partial charge in [0.2, 0.25) is 0 Å². The molecule has 10 aromatic carbocycles. The van der Waals surface area contributed by atoms with Crippen molar-refractivity contribution >= 4 is 145 Å². The predicted molar refractivity (Wildman–Crippen MR) is 531 cm³/mol. The lowest BCUT2D eigenvalue weighted by molar-refractivity contribution is -0.116. The molecule has 0 unspecified atom stereocenters. The fourth-order valence-corrected chi connectivity index (χ4v) is 14.8. The average Bonchev–Trinajstić information content (AvgIpc) is 1.77. The number of methoxy groups -OCH3 is 4. The molecule has 7 N–H and O–H groups in total. The van der Waals surface area contributed by atoms with Gasteiger partial charge in [-0.2, -0.15) is 0 Å². The molecule has 24 nitrogen and oxygen atoms in total. The number of carbonyl (C=O) groups is 8.